The van der Waals surface area contributed by atoms with E-state index < -0.39 is 0 Å². The molecule has 2 heteroatoms. The molecular weight excluding hydrogens is 160 g/mol. The van der Waals surface area contributed by atoms with Gasteiger partial charge in [-0.1, -0.05) is 12.2 Å². The van der Waals surface area contributed by atoms with Crippen LogP contribution in [-0.4, -0.2) is 24.5 Å². The van der Waals surface area contributed by atoms with Crippen molar-refractivity contribution in [3.63, 3.8) is 0 Å². The van der Waals surface area contributed by atoms with Gasteiger partial charge in [-0.3, -0.25) is 4.90 Å². The van der Waals surface area contributed by atoms with Gasteiger partial charge in [0.05, 0.1) is 6.07 Å². The molecule has 2 atom stereocenters. The number of hydrogen-bond donors (Lipinski definition) is 0. The van der Waals surface area contributed by atoms with Crippen molar-refractivity contribution >= 4 is 0 Å². The summed E-state index contributed by atoms with van der Waals surface area (Å²) in [4.78, 5) is 2.32. The molecule has 0 saturated heterocycles. The van der Waals surface area contributed by atoms with E-state index in [4.69, 9.17) is 5.26 Å². The smallest absolute Gasteiger partial charge is 0.0656 e. The minimum Gasteiger partial charge on any atom is -0.299 e. The van der Waals surface area contributed by atoms with Crippen molar-refractivity contribution in [2.75, 3.05) is 13.6 Å². The van der Waals surface area contributed by atoms with E-state index in [2.05, 4.69) is 24.6 Å². The van der Waals surface area contributed by atoms with E-state index in [1.165, 1.54) is 12.0 Å². The Hall–Kier alpha value is -0.810. The Kier molecular flexibility index (Phi) is 3.50. The summed E-state index contributed by atoms with van der Waals surface area (Å²) >= 11 is 0. The summed E-state index contributed by atoms with van der Waals surface area (Å²) in [5.74, 6) is 0.289. The lowest BCUT2D eigenvalue weighted by Crippen LogP contribution is -2.30. The van der Waals surface area contributed by atoms with E-state index in [0.29, 0.717) is 6.04 Å². The summed E-state index contributed by atoms with van der Waals surface area (Å²) in [6.07, 6.45) is 3.28. The van der Waals surface area contributed by atoms with E-state index in [0.717, 1.165) is 19.4 Å². The molecule has 0 N–H and O–H groups in total. The fourth-order valence-corrected chi connectivity index (χ4v) is 2.03. The Bertz CT molecular complexity index is 227. The van der Waals surface area contributed by atoms with E-state index in [1.807, 2.05) is 6.92 Å². The zero-order valence-corrected chi connectivity index (χ0v) is 8.58. The van der Waals surface area contributed by atoms with Gasteiger partial charge >= 0.3 is 0 Å². The predicted octanol–water partition coefficient (Wildman–Crippen LogP) is 2.19. The molecule has 0 aliphatic heterocycles. The maximum Gasteiger partial charge on any atom is 0.0656 e. The number of rotatable bonds is 3. The molecule has 0 bridgehead atoms. The van der Waals surface area contributed by atoms with Crippen molar-refractivity contribution in [1.82, 2.24) is 4.90 Å². The second-order valence-electron chi connectivity index (χ2n) is 4.17. The fourth-order valence-electron chi connectivity index (χ4n) is 2.03. The average molecular weight is 178 g/mol. The Morgan fingerprint density at radius 1 is 1.62 bits per heavy atom. The highest BCUT2D eigenvalue weighted by Gasteiger charge is 2.26. The van der Waals surface area contributed by atoms with Gasteiger partial charge < -0.3 is 0 Å². The van der Waals surface area contributed by atoms with Crippen molar-refractivity contribution < 1.29 is 0 Å². The number of likely N-dealkylation sites (N-methyl/N-ethyl adjacent to an activating group) is 1. The second-order valence-corrected chi connectivity index (χ2v) is 4.17. The highest BCUT2D eigenvalue weighted by atomic mass is 15.1. The highest BCUT2D eigenvalue weighted by Crippen LogP contribution is 2.28. The van der Waals surface area contributed by atoms with Crippen LogP contribution in [0.1, 0.15) is 26.2 Å². The zero-order chi connectivity index (χ0) is 9.84. The third kappa shape index (κ3) is 2.86. The van der Waals surface area contributed by atoms with Gasteiger partial charge in [-0.15, -0.1) is 0 Å². The molecular formula is C11H18N2. The van der Waals surface area contributed by atoms with Crippen molar-refractivity contribution in [2.45, 2.75) is 32.2 Å². The van der Waals surface area contributed by atoms with Gasteiger partial charge in [0, 0.05) is 18.5 Å². The van der Waals surface area contributed by atoms with Crippen LogP contribution >= 0.6 is 0 Å². The first-order valence-corrected chi connectivity index (χ1v) is 4.87. The third-order valence-corrected chi connectivity index (χ3v) is 2.73. The van der Waals surface area contributed by atoms with Crippen molar-refractivity contribution in [1.29, 1.82) is 5.26 Å². The van der Waals surface area contributed by atoms with Crippen LogP contribution in [0.15, 0.2) is 12.2 Å². The SMILES string of the molecule is C=C(C)CN(C)C1CCC(C#N)C1. The third-order valence-electron chi connectivity index (χ3n) is 2.73. The topological polar surface area (TPSA) is 27.0 Å². The zero-order valence-electron chi connectivity index (χ0n) is 8.58. The van der Waals surface area contributed by atoms with Gasteiger partial charge in [-0.2, -0.15) is 5.26 Å². The van der Waals surface area contributed by atoms with Gasteiger partial charge in [0.2, 0.25) is 0 Å². The Balaban J connectivity index is 2.38. The maximum atomic E-state index is 8.76. The molecule has 1 rings (SSSR count). The number of nitrogens with zero attached hydrogens (tertiary/aromatic N) is 2. The Morgan fingerprint density at radius 2 is 2.31 bits per heavy atom. The molecule has 0 spiro atoms. The molecule has 0 heterocycles. The second kappa shape index (κ2) is 4.43. The molecule has 2 unspecified atom stereocenters. The summed E-state index contributed by atoms with van der Waals surface area (Å²) < 4.78 is 0. The van der Waals surface area contributed by atoms with Crippen molar-refractivity contribution in [3.05, 3.63) is 12.2 Å². The van der Waals surface area contributed by atoms with Gasteiger partial charge in [0.25, 0.3) is 0 Å². The van der Waals surface area contributed by atoms with Crippen molar-refractivity contribution in [3.8, 4) is 6.07 Å². The lowest BCUT2D eigenvalue weighted by Gasteiger charge is -2.23. The largest absolute Gasteiger partial charge is 0.299 e. The van der Waals surface area contributed by atoms with Crippen LogP contribution < -0.4 is 0 Å². The summed E-state index contributed by atoms with van der Waals surface area (Å²) in [5.41, 5.74) is 1.20. The molecule has 1 aliphatic carbocycles. The van der Waals surface area contributed by atoms with Crippen LogP contribution in [0.5, 0.6) is 0 Å². The summed E-state index contributed by atoms with van der Waals surface area (Å²) in [6.45, 7) is 6.91. The summed E-state index contributed by atoms with van der Waals surface area (Å²) in [7, 11) is 2.12. The lowest BCUT2D eigenvalue weighted by atomic mass is 10.1. The first-order chi connectivity index (χ1) is 6.13. The van der Waals surface area contributed by atoms with Gasteiger partial charge in [-0.05, 0) is 33.2 Å². The van der Waals surface area contributed by atoms with Crippen LogP contribution in [0.4, 0.5) is 0 Å². The first kappa shape index (κ1) is 10.3. The predicted molar refractivity (Wildman–Crippen MR) is 54.2 cm³/mol. The van der Waals surface area contributed by atoms with Crippen LogP contribution in [0, 0.1) is 17.2 Å². The standard InChI is InChI=1S/C11H18N2/c1-9(2)8-13(3)11-5-4-10(6-11)7-12/h10-11H,1,4-6,8H2,2-3H3. The van der Waals surface area contributed by atoms with E-state index in [9.17, 15) is 0 Å². The Labute approximate surface area is 80.8 Å². The molecule has 0 radical (unpaired) electrons. The Morgan fingerprint density at radius 3 is 2.77 bits per heavy atom. The number of hydrogen-bond acceptors (Lipinski definition) is 2. The van der Waals surface area contributed by atoms with Gasteiger partial charge in [0.15, 0.2) is 0 Å². The van der Waals surface area contributed by atoms with Crippen LogP contribution in [-0.2, 0) is 0 Å². The van der Waals surface area contributed by atoms with E-state index in [-0.39, 0.29) is 5.92 Å². The molecule has 2 nitrogen and oxygen atoms in total. The van der Waals surface area contributed by atoms with Crippen LogP contribution in [0.25, 0.3) is 0 Å². The average Bonchev–Trinajstić information content (AvgIpc) is 2.50. The fraction of sp³-hybridized carbons (Fsp3) is 0.727. The monoisotopic (exact) mass is 178 g/mol. The minimum absolute atomic E-state index is 0.289. The molecule has 1 fully saturated rings. The molecule has 0 aromatic carbocycles. The van der Waals surface area contributed by atoms with Crippen molar-refractivity contribution in [2.24, 2.45) is 5.92 Å². The van der Waals surface area contributed by atoms with E-state index >= 15 is 0 Å². The normalized spacial score (nSPS) is 27.5. The molecule has 1 aliphatic rings. The first-order valence-electron chi connectivity index (χ1n) is 4.87. The highest BCUT2D eigenvalue weighted by molar-refractivity contribution is 4.97. The molecule has 13 heavy (non-hydrogen) atoms. The minimum atomic E-state index is 0.289. The van der Waals surface area contributed by atoms with Gasteiger partial charge in [-0.25, -0.2) is 0 Å². The van der Waals surface area contributed by atoms with Gasteiger partial charge in [0.1, 0.15) is 0 Å². The van der Waals surface area contributed by atoms with E-state index in [1.54, 1.807) is 0 Å². The molecule has 0 aromatic rings. The molecule has 0 aromatic heterocycles. The maximum absolute atomic E-state index is 8.76. The molecule has 1 saturated carbocycles. The molecule has 72 valence electrons. The van der Waals surface area contributed by atoms with Crippen LogP contribution in [0.3, 0.4) is 0 Å². The lowest BCUT2D eigenvalue weighted by molar-refractivity contribution is 0.262. The summed E-state index contributed by atoms with van der Waals surface area (Å²) in [6, 6.07) is 2.95. The quantitative estimate of drug-likeness (QED) is 0.619. The van der Waals surface area contributed by atoms with Crippen LogP contribution in [0.2, 0.25) is 0 Å². The molecule has 0 amide bonds. The number of nitriles is 1. The summed E-state index contributed by atoms with van der Waals surface area (Å²) in [5, 5.41) is 8.76.